The second-order valence-corrected chi connectivity index (χ2v) is 4.38. The number of nitrogens with zero attached hydrogens (tertiary/aromatic N) is 1. The lowest BCUT2D eigenvalue weighted by atomic mass is 10.1. The zero-order valence-electron chi connectivity index (χ0n) is 10.6. The van der Waals surface area contributed by atoms with E-state index in [2.05, 4.69) is 5.32 Å². The molecule has 4 heteroatoms. The van der Waals surface area contributed by atoms with Gasteiger partial charge in [-0.3, -0.25) is 4.79 Å². The van der Waals surface area contributed by atoms with Gasteiger partial charge in [-0.2, -0.15) is 0 Å². The number of aryl methyl sites for hydroxylation is 1. The summed E-state index contributed by atoms with van der Waals surface area (Å²) in [5, 5.41) is 2.95. The molecular weight excluding hydrogens is 226 g/mol. The summed E-state index contributed by atoms with van der Waals surface area (Å²) in [5.74, 6) is -0.120. The van der Waals surface area contributed by atoms with Crippen LogP contribution in [0.1, 0.15) is 29.0 Å². The van der Waals surface area contributed by atoms with Crippen molar-refractivity contribution in [2.75, 3.05) is 5.73 Å². The van der Waals surface area contributed by atoms with Crippen LogP contribution in [-0.2, 0) is 7.05 Å². The molecule has 1 amide bonds. The lowest BCUT2D eigenvalue weighted by Crippen LogP contribution is -2.28. The van der Waals surface area contributed by atoms with Crippen LogP contribution in [0.25, 0.3) is 0 Å². The van der Waals surface area contributed by atoms with E-state index in [0.29, 0.717) is 11.4 Å². The normalized spacial score (nSPS) is 12.1. The maximum Gasteiger partial charge on any atom is 0.268 e. The Morgan fingerprint density at radius 1 is 1.33 bits per heavy atom. The number of amides is 1. The largest absolute Gasteiger partial charge is 0.397 e. The quantitative estimate of drug-likeness (QED) is 0.867. The lowest BCUT2D eigenvalue weighted by Gasteiger charge is -2.14. The lowest BCUT2D eigenvalue weighted by molar-refractivity contribution is 0.0931. The van der Waals surface area contributed by atoms with Gasteiger partial charge in [0, 0.05) is 13.2 Å². The highest BCUT2D eigenvalue weighted by Gasteiger charge is 2.14. The van der Waals surface area contributed by atoms with Crippen LogP contribution in [0.4, 0.5) is 5.69 Å². The summed E-state index contributed by atoms with van der Waals surface area (Å²) in [6.45, 7) is 1.96. The molecule has 0 fully saturated rings. The minimum Gasteiger partial charge on any atom is -0.397 e. The first kappa shape index (κ1) is 12.2. The van der Waals surface area contributed by atoms with Crippen LogP contribution in [-0.4, -0.2) is 10.5 Å². The standard InChI is InChI=1S/C14H17N3O/c1-10(11-6-4-3-5-7-11)16-14(18)13-8-12(15)9-17(13)2/h3-10H,15H2,1-2H3,(H,16,18)/t10-/m0/s1. The molecule has 18 heavy (non-hydrogen) atoms. The van der Waals surface area contributed by atoms with Crippen molar-refractivity contribution >= 4 is 11.6 Å². The summed E-state index contributed by atoms with van der Waals surface area (Å²) in [5.41, 5.74) is 7.89. The molecule has 0 aliphatic carbocycles. The minimum atomic E-state index is -0.120. The van der Waals surface area contributed by atoms with Crippen LogP contribution in [0.2, 0.25) is 0 Å². The monoisotopic (exact) mass is 243 g/mol. The number of hydrogen-bond donors (Lipinski definition) is 2. The Bertz CT molecular complexity index is 545. The van der Waals surface area contributed by atoms with E-state index in [0.717, 1.165) is 5.56 Å². The molecular formula is C14H17N3O. The smallest absolute Gasteiger partial charge is 0.268 e. The van der Waals surface area contributed by atoms with Crippen molar-refractivity contribution in [3.05, 3.63) is 53.9 Å². The molecule has 0 saturated carbocycles. The number of rotatable bonds is 3. The molecule has 1 heterocycles. The topological polar surface area (TPSA) is 60.1 Å². The molecule has 4 nitrogen and oxygen atoms in total. The van der Waals surface area contributed by atoms with Crippen molar-refractivity contribution in [2.24, 2.45) is 7.05 Å². The molecule has 0 saturated heterocycles. The zero-order chi connectivity index (χ0) is 13.1. The average molecular weight is 243 g/mol. The number of carbonyl (C=O) groups excluding carboxylic acids is 1. The molecule has 0 aliphatic heterocycles. The van der Waals surface area contributed by atoms with Crippen molar-refractivity contribution in [1.29, 1.82) is 0 Å². The van der Waals surface area contributed by atoms with Gasteiger partial charge in [-0.05, 0) is 18.6 Å². The molecule has 2 rings (SSSR count). The summed E-state index contributed by atoms with van der Waals surface area (Å²) in [7, 11) is 1.80. The fourth-order valence-corrected chi connectivity index (χ4v) is 1.91. The number of nitrogens with two attached hydrogens (primary N) is 1. The summed E-state index contributed by atoms with van der Waals surface area (Å²) in [6, 6.07) is 11.5. The minimum absolute atomic E-state index is 0.0326. The Morgan fingerprint density at radius 3 is 2.56 bits per heavy atom. The number of aromatic nitrogens is 1. The predicted molar refractivity (Wildman–Crippen MR) is 72.1 cm³/mol. The van der Waals surface area contributed by atoms with Gasteiger partial charge in [0.25, 0.3) is 5.91 Å². The molecule has 0 spiro atoms. The van der Waals surface area contributed by atoms with E-state index in [9.17, 15) is 4.79 Å². The predicted octanol–water partition coefficient (Wildman–Crippen LogP) is 2.10. The van der Waals surface area contributed by atoms with E-state index in [-0.39, 0.29) is 11.9 Å². The highest BCUT2D eigenvalue weighted by atomic mass is 16.2. The summed E-state index contributed by atoms with van der Waals surface area (Å²) in [4.78, 5) is 12.1. The van der Waals surface area contributed by atoms with Gasteiger partial charge in [0.2, 0.25) is 0 Å². The Labute approximate surface area is 106 Å². The third-order valence-electron chi connectivity index (χ3n) is 2.91. The first-order valence-electron chi connectivity index (χ1n) is 5.85. The first-order chi connectivity index (χ1) is 8.58. The van der Waals surface area contributed by atoms with Crippen molar-refractivity contribution in [3.8, 4) is 0 Å². The summed E-state index contributed by atoms with van der Waals surface area (Å²) in [6.07, 6.45) is 1.72. The Morgan fingerprint density at radius 2 is 2.00 bits per heavy atom. The molecule has 0 radical (unpaired) electrons. The van der Waals surface area contributed by atoms with Gasteiger partial charge in [-0.15, -0.1) is 0 Å². The molecule has 94 valence electrons. The second kappa shape index (κ2) is 4.96. The first-order valence-corrected chi connectivity index (χ1v) is 5.85. The second-order valence-electron chi connectivity index (χ2n) is 4.38. The van der Waals surface area contributed by atoms with Crippen molar-refractivity contribution in [1.82, 2.24) is 9.88 Å². The highest BCUT2D eigenvalue weighted by Crippen LogP contribution is 2.14. The number of carbonyl (C=O) groups is 1. The van der Waals surface area contributed by atoms with Crippen LogP contribution in [0, 0.1) is 0 Å². The number of nitrogens with one attached hydrogen (secondary N) is 1. The Balaban J connectivity index is 2.10. The maximum atomic E-state index is 12.1. The molecule has 3 N–H and O–H groups in total. The van der Waals surface area contributed by atoms with Crippen molar-refractivity contribution < 1.29 is 4.79 Å². The van der Waals surface area contributed by atoms with E-state index < -0.39 is 0 Å². The van der Waals surface area contributed by atoms with Crippen LogP contribution in [0.5, 0.6) is 0 Å². The molecule has 0 bridgehead atoms. The molecule has 0 unspecified atom stereocenters. The molecule has 1 atom stereocenters. The van der Waals surface area contributed by atoms with Gasteiger partial charge < -0.3 is 15.6 Å². The average Bonchev–Trinajstić information content (AvgIpc) is 2.69. The van der Waals surface area contributed by atoms with Gasteiger partial charge in [0.05, 0.1) is 11.7 Å². The number of hydrogen-bond acceptors (Lipinski definition) is 2. The van der Waals surface area contributed by atoms with Crippen LogP contribution >= 0.6 is 0 Å². The fourth-order valence-electron chi connectivity index (χ4n) is 1.91. The SMILES string of the molecule is C[C@H](NC(=O)c1cc(N)cn1C)c1ccccc1. The van der Waals surface area contributed by atoms with Crippen molar-refractivity contribution in [2.45, 2.75) is 13.0 Å². The van der Waals surface area contributed by atoms with E-state index in [1.54, 1.807) is 23.9 Å². The third kappa shape index (κ3) is 2.53. The molecule has 1 aromatic carbocycles. The molecule has 2 aromatic rings. The van der Waals surface area contributed by atoms with E-state index in [1.165, 1.54) is 0 Å². The van der Waals surface area contributed by atoms with Gasteiger partial charge in [-0.25, -0.2) is 0 Å². The number of anilines is 1. The van der Waals surface area contributed by atoms with E-state index in [4.69, 9.17) is 5.73 Å². The van der Waals surface area contributed by atoms with Crippen LogP contribution in [0.15, 0.2) is 42.6 Å². The van der Waals surface area contributed by atoms with Crippen LogP contribution in [0.3, 0.4) is 0 Å². The Hall–Kier alpha value is -2.23. The molecule has 1 aromatic heterocycles. The molecule has 0 aliphatic rings. The fraction of sp³-hybridized carbons (Fsp3) is 0.214. The third-order valence-corrected chi connectivity index (χ3v) is 2.91. The summed E-state index contributed by atoms with van der Waals surface area (Å²) < 4.78 is 1.72. The van der Waals surface area contributed by atoms with Gasteiger partial charge in [0.1, 0.15) is 5.69 Å². The highest BCUT2D eigenvalue weighted by molar-refractivity contribution is 5.94. The Kier molecular flexibility index (Phi) is 3.37. The number of nitrogen functional groups attached to an aromatic ring is 1. The van der Waals surface area contributed by atoms with E-state index >= 15 is 0 Å². The summed E-state index contributed by atoms with van der Waals surface area (Å²) >= 11 is 0. The van der Waals surface area contributed by atoms with Crippen LogP contribution < -0.4 is 11.1 Å². The maximum absolute atomic E-state index is 12.1. The van der Waals surface area contributed by atoms with E-state index in [1.807, 2.05) is 37.3 Å². The zero-order valence-corrected chi connectivity index (χ0v) is 10.6. The van der Waals surface area contributed by atoms with Gasteiger partial charge >= 0.3 is 0 Å². The number of benzene rings is 1. The van der Waals surface area contributed by atoms with Gasteiger partial charge in [0.15, 0.2) is 0 Å². The van der Waals surface area contributed by atoms with Crippen molar-refractivity contribution in [3.63, 3.8) is 0 Å². The van der Waals surface area contributed by atoms with Gasteiger partial charge in [-0.1, -0.05) is 30.3 Å².